The van der Waals surface area contributed by atoms with E-state index in [9.17, 15) is 23.9 Å². The van der Waals surface area contributed by atoms with Crippen molar-refractivity contribution in [3.8, 4) is 5.75 Å². The molecule has 1 heterocycles. The molecular weight excluding hydrogens is 387 g/mol. The van der Waals surface area contributed by atoms with Crippen LogP contribution in [0.1, 0.15) is 5.56 Å². The summed E-state index contributed by atoms with van der Waals surface area (Å²) in [6, 6.07) is 11.6. The van der Waals surface area contributed by atoms with Gasteiger partial charge >= 0.3 is 0 Å². The maximum atomic E-state index is 14.1. The molecule has 1 N–H and O–H groups in total. The lowest BCUT2D eigenvalue weighted by molar-refractivity contribution is -0.307. The minimum atomic E-state index is -1.36. The number of carboxylic acids is 1. The van der Waals surface area contributed by atoms with Crippen LogP contribution in [0, 0.1) is 5.82 Å². The van der Waals surface area contributed by atoms with Gasteiger partial charge in [-0.15, -0.1) is 0 Å². The normalized spacial score (nSPS) is 15.5. The minimum absolute atomic E-state index is 0.0746. The van der Waals surface area contributed by atoms with Gasteiger partial charge < -0.3 is 14.6 Å². The maximum absolute atomic E-state index is 14.1. The van der Waals surface area contributed by atoms with E-state index in [1.54, 1.807) is 6.07 Å². The number of nitrogens with zero attached hydrogens (tertiary/aromatic N) is 1. The number of nitrogens with one attached hydrogen (secondary N) is 1. The Morgan fingerprint density at radius 2 is 1.86 bits per heavy atom. The van der Waals surface area contributed by atoms with Gasteiger partial charge in [-0.25, -0.2) is 9.29 Å². The Bertz CT molecular complexity index is 1000. The number of hydrogen-bond acceptors (Lipinski definition) is 6. The maximum Gasteiger partial charge on any atom is 0.270 e. The number of aliphatic carboxylic acids is 1. The Labute approximate surface area is 164 Å². The molecule has 1 fully saturated rings. The number of carbonyl (C=O) groups is 3. The first kappa shape index (κ1) is 19.2. The predicted molar refractivity (Wildman–Crippen MR) is 99.5 cm³/mol. The minimum Gasteiger partial charge on any atom is -0.546 e. The second kappa shape index (κ2) is 7.97. The van der Waals surface area contributed by atoms with Gasteiger partial charge in [-0.3, -0.25) is 14.9 Å². The first-order valence-electron chi connectivity index (χ1n) is 7.95. The largest absolute Gasteiger partial charge is 0.546 e. The molecule has 0 spiro atoms. The molecule has 142 valence electrons. The lowest BCUT2D eigenvalue weighted by Gasteiger charge is -2.29. The number of rotatable bonds is 5. The summed E-state index contributed by atoms with van der Waals surface area (Å²) >= 11 is 5.02. The van der Waals surface area contributed by atoms with Crippen molar-refractivity contribution < 1.29 is 28.6 Å². The summed E-state index contributed by atoms with van der Waals surface area (Å²) in [5.41, 5.74) is 0.162. The Hall–Kier alpha value is -3.59. The third-order valence-corrected chi connectivity index (χ3v) is 4.03. The number of benzene rings is 2. The Morgan fingerprint density at radius 1 is 1.18 bits per heavy atom. The number of carbonyl (C=O) groups excluding carboxylic acids is 3. The molecule has 0 bridgehead atoms. The van der Waals surface area contributed by atoms with Crippen LogP contribution in [0.3, 0.4) is 0 Å². The summed E-state index contributed by atoms with van der Waals surface area (Å²) < 4.78 is 19.1. The zero-order valence-corrected chi connectivity index (χ0v) is 15.0. The average molecular weight is 399 g/mol. The van der Waals surface area contributed by atoms with Crippen molar-refractivity contribution in [2.24, 2.45) is 0 Å². The van der Waals surface area contributed by atoms with Gasteiger partial charge in [0.1, 0.15) is 23.7 Å². The Balaban J connectivity index is 1.89. The molecule has 28 heavy (non-hydrogen) atoms. The van der Waals surface area contributed by atoms with Gasteiger partial charge in [-0.2, -0.15) is 0 Å². The van der Waals surface area contributed by atoms with Gasteiger partial charge in [0.2, 0.25) is 0 Å². The number of hydrogen-bond donors (Lipinski definition) is 1. The van der Waals surface area contributed by atoms with E-state index >= 15 is 0 Å². The summed E-state index contributed by atoms with van der Waals surface area (Å²) in [6.07, 6.45) is 1.32. The van der Waals surface area contributed by atoms with Crippen LogP contribution in [0.15, 0.2) is 54.1 Å². The van der Waals surface area contributed by atoms with E-state index < -0.39 is 30.2 Å². The van der Waals surface area contributed by atoms with E-state index in [-0.39, 0.29) is 22.1 Å². The van der Waals surface area contributed by atoms with Crippen molar-refractivity contribution in [1.82, 2.24) is 5.32 Å². The summed E-state index contributed by atoms with van der Waals surface area (Å²) in [7, 11) is 0. The number of halogens is 1. The molecule has 0 aromatic heterocycles. The van der Waals surface area contributed by atoms with E-state index in [4.69, 9.17) is 17.0 Å². The SMILES string of the molecule is O=C([O-])COc1ccc(/C=C2/C(=O)NC(=S)N(c3ccccc3F)C2=O)cc1. The molecule has 7 nitrogen and oxygen atoms in total. The van der Waals surface area contributed by atoms with Crippen LogP contribution >= 0.6 is 12.2 Å². The summed E-state index contributed by atoms with van der Waals surface area (Å²) in [5, 5.41) is 12.5. The van der Waals surface area contributed by atoms with Gasteiger partial charge in [0, 0.05) is 0 Å². The number of para-hydroxylation sites is 1. The first-order valence-corrected chi connectivity index (χ1v) is 8.36. The van der Waals surface area contributed by atoms with Crippen molar-refractivity contribution >= 4 is 46.9 Å². The smallest absolute Gasteiger partial charge is 0.270 e. The molecule has 3 rings (SSSR count). The monoisotopic (exact) mass is 399 g/mol. The van der Waals surface area contributed by atoms with Gasteiger partial charge in [0.25, 0.3) is 11.8 Å². The highest BCUT2D eigenvalue weighted by molar-refractivity contribution is 7.80. The molecule has 0 unspecified atom stereocenters. The molecule has 1 aliphatic heterocycles. The third kappa shape index (κ3) is 4.04. The average Bonchev–Trinajstić information content (AvgIpc) is 2.65. The van der Waals surface area contributed by atoms with E-state index in [0.29, 0.717) is 5.56 Å². The van der Waals surface area contributed by atoms with Gasteiger partial charge in [0.15, 0.2) is 5.11 Å². The van der Waals surface area contributed by atoms with Crippen LogP contribution in [-0.2, 0) is 14.4 Å². The number of amides is 2. The Kier molecular flexibility index (Phi) is 5.46. The summed E-state index contributed by atoms with van der Waals surface area (Å²) in [6.45, 7) is -0.601. The predicted octanol–water partition coefficient (Wildman–Crippen LogP) is 0.786. The molecule has 0 atom stereocenters. The molecule has 1 saturated heterocycles. The van der Waals surface area contributed by atoms with Crippen LogP contribution in [0.2, 0.25) is 0 Å². The molecule has 2 amide bonds. The standard InChI is InChI=1S/C19H13FN2O5S/c20-14-3-1-2-4-15(14)22-18(26)13(17(25)21-19(22)28)9-11-5-7-12(8-6-11)27-10-16(23)24/h1-9H,10H2,(H,23,24)(H,21,25,28)/p-1/b13-9-. The highest BCUT2D eigenvalue weighted by Gasteiger charge is 2.35. The van der Waals surface area contributed by atoms with Crippen LogP contribution in [0.4, 0.5) is 10.1 Å². The fourth-order valence-electron chi connectivity index (χ4n) is 2.48. The van der Waals surface area contributed by atoms with Crippen molar-refractivity contribution in [3.05, 3.63) is 65.5 Å². The van der Waals surface area contributed by atoms with Crippen molar-refractivity contribution in [2.45, 2.75) is 0 Å². The van der Waals surface area contributed by atoms with Gasteiger partial charge in [-0.1, -0.05) is 24.3 Å². The molecule has 0 aliphatic carbocycles. The number of carboxylic acid groups (broad SMARTS) is 1. The molecule has 0 saturated carbocycles. The van der Waals surface area contributed by atoms with Crippen LogP contribution < -0.4 is 20.1 Å². The molecule has 1 aliphatic rings. The highest BCUT2D eigenvalue weighted by Crippen LogP contribution is 2.25. The summed E-state index contributed by atoms with van der Waals surface area (Å²) in [4.78, 5) is 36.3. The molecular formula is C19H12FN2O5S-. The fraction of sp³-hybridized carbons (Fsp3) is 0.0526. The van der Waals surface area contributed by atoms with Crippen LogP contribution in [0.5, 0.6) is 5.75 Å². The second-order valence-corrected chi connectivity index (χ2v) is 6.03. The van der Waals surface area contributed by atoms with Crippen molar-refractivity contribution in [3.63, 3.8) is 0 Å². The molecule has 9 heteroatoms. The number of anilines is 1. The fourth-order valence-corrected chi connectivity index (χ4v) is 2.75. The third-order valence-electron chi connectivity index (χ3n) is 3.74. The lowest BCUT2D eigenvalue weighted by Crippen LogP contribution is -2.54. The molecule has 2 aromatic carbocycles. The van der Waals surface area contributed by atoms with Gasteiger partial charge in [-0.05, 0) is 48.1 Å². The number of ether oxygens (including phenoxy) is 1. The zero-order chi connectivity index (χ0) is 20.3. The first-order chi connectivity index (χ1) is 13.4. The molecule has 0 radical (unpaired) electrons. The second-order valence-electron chi connectivity index (χ2n) is 5.64. The van der Waals surface area contributed by atoms with E-state index in [1.165, 1.54) is 48.5 Å². The van der Waals surface area contributed by atoms with E-state index in [1.807, 2.05) is 0 Å². The van der Waals surface area contributed by atoms with Crippen LogP contribution in [0.25, 0.3) is 6.08 Å². The number of thiocarbonyl (C=S) groups is 1. The van der Waals surface area contributed by atoms with E-state index in [0.717, 1.165) is 4.90 Å². The van der Waals surface area contributed by atoms with Crippen molar-refractivity contribution in [2.75, 3.05) is 11.5 Å². The Morgan fingerprint density at radius 3 is 2.50 bits per heavy atom. The summed E-state index contributed by atoms with van der Waals surface area (Å²) in [5.74, 6) is -3.22. The lowest BCUT2D eigenvalue weighted by atomic mass is 10.1. The van der Waals surface area contributed by atoms with Gasteiger partial charge in [0.05, 0.1) is 11.7 Å². The molecule has 2 aromatic rings. The van der Waals surface area contributed by atoms with Crippen LogP contribution in [-0.4, -0.2) is 29.5 Å². The van der Waals surface area contributed by atoms with Crippen molar-refractivity contribution in [1.29, 1.82) is 0 Å². The topological polar surface area (TPSA) is 98.8 Å². The zero-order valence-electron chi connectivity index (χ0n) is 14.2. The van der Waals surface area contributed by atoms with E-state index in [2.05, 4.69) is 5.32 Å². The highest BCUT2D eigenvalue weighted by atomic mass is 32.1. The quantitative estimate of drug-likeness (QED) is 0.453.